The summed E-state index contributed by atoms with van der Waals surface area (Å²) < 4.78 is 29.2. The fraction of sp³-hybridized carbons (Fsp3) is 0.143. The number of hydrogen-bond donors (Lipinski definition) is 3. The van der Waals surface area contributed by atoms with Crippen molar-refractivity contribution >= 4 is 17.3 Å². The van der Waals surface area contributed by atoms with Crippen LogP contribution in [0.25, 0.3) is 0 Å². The Morgan fingerprint density at radius 1 is 1.27 bits per heavy atom. The molecule has 0 aliphatic carbocycles. The minimum atomic E-state index is -3.47. The van der Waals surface area contributed by atoms with Crippen LogP contribution < -0.4 is 9.38 Å². The van der Waals surface area contributed by atoms with Crippen LogP contribution in [-0.2, 0) is 10.0 Å². The summed E-state index contributed by atoms with van der Waals surface area (Å²) in [5.74, 6) is 0.167. The molecule has 0 radical (unpaired) electrons. The average Bonchev–Trinajstić information content (AvgIpc) is 2.18. The Bertz CT molecular complexity index is 416. The fourth-order valence-electron chi connectivity index (χ4n) is 0.937. The van der Waals surface area contributed by atoms with E-state index in [0.29, 0.717) is 0 Å². The van der Waals surface area contributed by atoms with Gasteiger partial charge in [-0.15, -0.1) is 0 Å². The molecule has 0 saturated carbocycles. The molecule has 15 heavy (non-hydrogen) atoms. The molecule has 82 valence electrons. The highest BCUT2D eigenvalue weighted by Crippen LogP contribution is 2.15. The summed E-state index contributed by atoms with van der Waals surface area (Å²) in [6.07, 6.45) is 0. The molecular weight excluding hydrogens is 221 g/mol. The number of hydrogen-bond acceptors (Lipinski definition) is 5. The van der Waals surface area contributed by atoms with Gasteiger partial charge in [0, 0.05) is 0 Å². The van der Waals surface area contributed by atoms with Gasteiger partial charge in [-0.25, -0.2) is 13.1 Å². The summed E-state index contributed by atoms with van der Waals surface area (Å²) in [6, 6.07) is 5.24. The van der Waals surface area contributed by atoms with E-state index in [0.717, 1.165) is 0 Å². The smallest absolute Gasteiger partial charge is 0.512 e. The van der Waals surface area contributed by atoms with Gasteiger partial charge in [-0.05, 0) is 31.3 Å². The first kappa shape index (κ1) is 12.0. The van der Waals surface area contributed by atoms with Crippen LogP contribution >= 0.6 is 0 Å². The highest BCUT2D eigenvalue weighted by atomic mass is 32.2. The van der Waals surface area contributed by atoms with Crippen molar-refractivity contribution in [2.75, 3.05) is 7.05 Å². The second kappa shape index (κ2) is 4.62. The van der Waals surface area contributed by atoms with Crippen molar-refractivity contribution in [1.29, 1.82) is 0 Å². The topological polar surface area (TPSA) is 95.9 Å². The molecular formula is C7H10BNO5S. The molecule has 8 heteroatoms. The molecule has 0 atom stereocenters. The summed E-state index contributed by atoms with van der Waals surface area (Å²) in [5.41, 5.74) is 0. The van der Waals surface area contributed by atoms with Gasteiger partial charge >= 0.3 is 7.32 Å². The molecule has 0 amide bonds. The monoisotopic (exact) mass is 231 g/mol. The predicted octanol–water partition coefficient (Wildman–Crippen LogP) is -1.06. The maximum atomic E-state index is 11.3. The van der Waals surface area contributed by atoms with Crippen molar-refractivity contribution < 1.29 is 23.1 Å². The van der Waals surface area contributed by atoms with Crippen LogP contribution in [0.15, 0.2) is 29.2 Å². The molecule has 0 aromatic heterocycles. The molecule has 1 rings (SSSR count). The number of nitrogens with one attached hydrogen (secondary N) is 1. The maximum absolute atomic E-state index is 11.3. The zero-order valence-electron chi connectivity index (χ0n) is 7.91. The molecule has 0 unspecified atom stereocenters. The van der Waals surface area contributed by atoms with Gasteiger partial charge in [-0.1, -0.05) is 0 Å². The minimum Gasteiger partial charge on any atom is -0.512 e. The molecule has 0 saturated heterocycles. The van der Waals surface area contributed by atoms with Gasteiger partial charge in [-0.2, -0.15) is 0 Å². The van der Waals surface area contributed by atoms with Crippen LogP contribution in [0.3, 0.4) is 0 Å². The van der Waals surface area contributed by atoms with Crippen molar-refractivity contribution in [3.05, 3.63) is 24.3 Å². The van der Waals surface area contributed by atoms with Gasteiger partial charge < -0.3 is 14.7 Å². The third-order valence-electron chi connectivity index (χ3n) is 1.64. The summed E-state index contributed by atoms with van der Waals surface area (Å²) in [4.78, 5) is 0.0739. The fourth-order valence-corrected chi connectivity index (χ4v) is 1.67. The van der Waals surface area contributed by atoms with Gasteiger partial charge in [-0.3, -0.25) is 0 Å². The van der Waals surface area contributed by atoms with Crippen molar-refractivity contribution in [2.24, 2.45) is 0 Å². The van der Waals surface area contributed by atoms with E-state index < -0.39 is 17.3 Å². The van der Waals surface area contributed by atoms with E-state index in [-0.39, 0.29) is 10.6 Å². The molecule has 0 bridgehead atoms. The van der Waals surface area contributed by atoms with Crippen LogP contribution in [0.4, 0.5) is 0 Å². The quantitative estimate of drug-likeness (QED) is 0.574. The third-order valence-corrected chi connectivity index (χ3v) is 3.07. The minimum absolute atomic E-state index is 0.0739. The normalized spacial score (nSPS) is 11.1. The zero-order valence-corrected chi connectivity index (χ0v) is 8.73. The summed E-state index contributed by atoms with van der Waals surface area (Å²) in [7, 11) is -4.09. The van der Waals surface area contributed by atoms with E-state index in [4.69, 9.17) is 10.0 Å². The van der Waals surface area contributed by atoms with E-state index in [1.165, 1.54) is 31.3 Å². The molecule has 1 aromatic rings. The van der Waals surface area contributed by atoms with Gasteiger partial charge in [0.15, 0.2) is 0 Å². The SMILES string of the molecule is CNS(=O)(=O)c1ccc(OB(O)O)cc1. The van der Waals surface area contributed by atoms with Crippen LogP contribution in [0.5, 0.6) is 5.75 Å². The lowest BCUT2D eigenvalue weighted by atomic mass is 10.2. The Morgan fingerprint density at radius 3 is 2.20 bits per heavy atom. The predicted molar refractivity (Wildman–Crippen MR) is 53.5 cm³/mol. The standard InChI is InChI=1S/C7H10BNO5S/c1-9-15(12,13)7-4-2-6(3-5-7)14-8(10)11/h2-5,9-11H,1H3. The van der Waals surface area contributed by atoms with Crippen molar-refractivity contribution in [3.63, 3.8) is 0 Å². The summed E-state index contributed by atoms with van der Waals surface area (Å²) in [5, 5.41) is 17.0. The van der Waals surface area contributed by atoms with Crippen LogP contribution in [0.1, 0.15) is 0 Å². The largest absolute Gasteiger partial charge is 0.707 e. The maximum Gasteiger partial charge on any atom is 0.707 e. The molecule has 6 nitrogen and oxygen atoms in total. The van der Waals surface area contributed by atoms with Crippen LogP contribution in [-0.4, -0.2) is 32.8 Å². The lowest BCUT2D eigenvalue weighted by Crippen LogP contribution is -2.21. The Morgan fingerprint density at radius 2 is 1.80 bits per heavy atom. The van der Waals surface area contributed by atoms with E-state index >= 15 is 0 Å². The Labute approximate surface area is 87.7 Å². The van der Waals surface area contributed by atoms with Gasteiger partial charge in [0.2, 0.25) is 10.0 Å². The first-order valence-electron chi connectivity index (χ1n) is 4.02. The Hall–Kier alpha value is -1.09. The second-order valence-electron chi connectivity index (χ2n) is 2.62. The lowest BCUT2D eigenvalue weighted by molar-refractivity contribution is 0.288. The van der Waals surface area contributed by atoms with Crippen molar-refractivity contribution in [3.8, 4) is 5.75 Å². The van der Waals surface area contributed by atoms with Gasteiger partial charge in [0.05, 0.1) is 4.90 Å². The van der Waals surface area contributed by atoms with Crippen LogP contribution in [0.2, 0.25) is 0 Å². The molecule has 0 fully saturated rings. The first-order chi connectivity index (χ1) is 6.95. The third kappa shape index (κ3) is 3.20. The molecule has 3 N–H and O–H groups in total. The van der Waals surface area contributed by atoms with E-state index in [9.17, 15) is 8.42 Å². The van der Waals surface area contributed by atoms with Crippen LogP contribution in [0, 0.1) is 0 Å². The zero-order chi connectivity index (χ0) is 11.5. The summed E-state index contributed by atoms with van der Waals surface area (Å²) >= 11 is 0. The van der Waals surface area contributed by atoms with E-state index in [1.807, 2.05) is 0 Å². The molecule has 1 aromatic carbocycles. The molecule has 0 spiro atoms. The molecule has 0 heterocycles. The highest BCUT2D eigenvalue weighted by molar-refractivity contribution is 7.89. The Balaban J connectivity index is 2.91. The molecule has 0 aliphatic heterocycles. The van der Waals surface area contributed by atoms with E-state index in [1.54, 1.807) is 0 Å². The van der Waals surface area contributed by atoms with Gasteiger partial charge in [0.1, 0.15) is 5.75 Å². The van der Waals surface area contributed by atoms with Gasteiger partial charge in [0.25, 0.3) is 0 Å². The molecule has 0 aliphatic rings. The van der Waals surface area contributed by atoms with E-state index in [2.05, 4.69) is 9.38 Å². The highest BCUT2D eigenvalue weighted by Gasteiger charge is 2.13. The first-order valence-corrected chi connectivity index (χ1v) is 5.50. The van der Waals surface area contributed by atoms with Crippen molar-refractivity contribution in [1.82, 2.24) is 4.72 Å². The summed E-state index contributed by atoms with van der Waals surface area (Å²) in [6.45, 7) is 0. The Kier molecular flexibility index (Phi) is 3.69. The number of benzene rings is 1. The average molecular weight is 231 g/mol. The number of sulfonamides is 1. The lowest BCUT2D eigenvalue weighted by Gasteiger charge is -2.05. The second-order valence-corrected chi connectivity index (χ2v) is 4.51. The van der Waals surface area contributed by atoms with Crippen molar-refractivity contribution in [2.45, 2.75) is 4.90 Å². The number of rotatable bonds is 4.